The fraction of sp³-hybridized carbons (Fsp3) is 0.407. The van der Waals surface area contributed by atoms with E-state index in [4.69, 9.17) is 23.2 Å². The van der Waals surface area contributed by atoms with Gasteiger partial charge in [-0.1, -0.05) is 53.5 Å². The van der Waals surface area contributed by atoms with E-state index in [-0.39, 0.29) is 40.3 Å². The molecule has 1 heterocycles. The summed E-state index contributed by atoms with van der Waals surface area (Å²) in [5.41, 5.74) is 1.80. The number of halogens is 2. The smallest absolute Gasteiger partial charge is 0.326 e. The lowest BCUT2D eigenvalue weighted by Gasteiger charge is -2.30. The summed E-state index contributed by atoms with van der Waals surface area (Å²) in [5, 5.41) is 12.2. The summed E-state index contributed by atoms with van der Waals surface area (Å²) in [4.78, 5) is 53.7. The Hall–Kier alpha value is -3.10. The predicted octanol–water partition coefficient (Wildman–Crippen LogP) is 4.02. The molecule has 8 nitrogen and oxygen atoms in total. The van der Waals surface area contributed by atoms with Crippen LogP contribution in [0.2, 0.25) is 10.0 Å². The molecule has 0 unspecified atom stereocenters. The molecule has 196 valence electrons. The second-order valence-corrected chi connectivity index (χ2v) is 10.4. The van der Waals surface area contributed by atoms with Crippen molar-refractivity contribution in [3.05, 3.63) is 68.7 Å². The molecule has 0 aromatic heterocycles. The highest BCUT2D eigenvalue weighted by atomic mass is 35.5. The van der Waals surface area contributed by atoms with Crippen molar-refractivity contribution in [1.29, 1.82) is 0 Å². The zero-order chi connectivity index (χ0) is 26.7. The summed E-state index contributed by atoms with van der Waals surface area (Å²) in [7, 11) is 1.64. The van der Waals surface area contributed by atoms with Gasteiger partial charge in [0.2, 0.25) is 5.91 Å². The van der Waals surface area contributed by atoms with Crippen LogP contribution >= 0.6 is 23.2 Å². The number of nitrogens with zero attached hydrogens (tertiary/aromatic N) is 2. The third kappa shape index (κ3) is 6.43. The molecular weight excluding hydrogens is 517 g/mol. The van der Waals surface area contributed by atoms with E-state index in [1.165, 1.54) is 11.0 Å². The second kappa shape index (κ2) is 11.5. The van der Waals surface area contributed by atoms with Crippen LogP contribution in [0.1, 0.15) is 57.5 Å². The van der Waals surface area contributed by atoms with Gasteiger partial charge in [0.05, 0.1) is 15.6 Å². The molecule has 37 heavy (non-hydrogen) atoms. The average Bonchev–Trinajstić information content (AvgIpc) is 3.68. The average molecular weight is 546 g/mol. The van der Waals surface area contributed by atoms with Crippen LogP contribution < -0.4 is 5.32 Å². The molecule has 1 fully saturated rings. The summed E-state index contributed by atoms with van der Waals surface area (Å²) in [6.07, 6.45) is 2.55. The Kier molecular flexibility index (Phi) is 8.39. The third-order valence-corrected chi connectivity index (χ3v) is 7.53. The normalized spacial score (nSPS) is 15.6. The Labute approximate surface area is 225 Å². The van der Waals surface area contributed by atoms with E-state index in [1.807, 2.05) is 30.3 Å². The van der Waals surface area contributed by atoms with Crippen molar-refractivity contribution in [2.75, 3.05) is 20.1 Å². The molecule has 2 N–H and O–H groups in total. The molecule has 1 aliphatic carbocycles. The molecule has 4 rings (SSSR count). The zero-order valence-corrected chi connectivity index (χ0v) is 22.0. The van der Waals surface area contributed by atoms with Crippen LogP contribution in [0.3, 0.4) is 0 Å². The van der Waals surface area contributed by atoms with Gasteiger partial charge in [0, 0.05) is 38.7 Å². The van der Waals surface area contributed by atoms with Crippen LogP contribution in [0.4, 0.5) is 0 Å². The first-order chi connectivity index (χ1) is 17.7. The summed E-state index contributed by atoms with van der Waals surface area (Å²) in [6.45, 7) is 1.59. The Balaban J connectivity index is 1.42. The number of amides is 3. The van der Waals surface area contributed by atoms with Gasteiger partial charge in [-0.05, 0) is 48.8 Å². The molecule has 0 saturated heterocycles. The van der Waals surface area contributed by atoms with Crippen molar-refractivity contribution in [1.82, 2.24) is 15.1 Å². The van der Waals surface area contributed by atoms with Crippen molar-refractivity contribution in [2.24, 2.45) is 5.92 Å². The SMILES string of the molecule is CN(Cc1ccccc1)C(=O)CC[C@H](NC(=O)c1c(Cl)cc2c(c1Cl)CCN(CC1CC1)C2=O)C(=O)O. The Morgan fingerprint density at radius 1 is 1.19 bits per heavy atom. The molecule has 0 bridgehead atoms. The van der Waals surface area contributed by atoms with Crippen LogP contribution in [0, 0.1) is 5.92 Å². The van der Waals surface area contributed by atoms with Crippen LogP contribution in [-0.4, -0.2) is 64.8 Å². The lowest BCUT2D eigenvalue weighted by molar-refractivity contribution is -0.139. The van der Waals surface area contributed by atoms with E-state index < -0.39 is 17.9 Å². The number of rotatable bonds is 10. The van der Waals surface area contributed by atoms with Gasteiger partial charge in [0.15, 0.2) is 0 Å². The van der Waals surface area contributed by atoms with Crippen molar-refractivity contribution >= 4 is 46.9 Å². The number of hydrogen-bond donors (Lipinski definition) is 2. The maximum absolute atomic E-state index is 13.1. The van der Waals surface area contributed by atoms with E-state index in [1.54, 1.807) is 11.9 Å². The van der Waals surface area contributed by atoms with Gasteiger partial charge >= 0.3 is 5.97 Å². The van der Waals surface area contributed by atoms with Crippen LogP contribution in [0.25, 0.3) is 0 Å². The minimum Gasteiger partial charge on any atom is -0.480 e. The van der Waals surface area contributed by atoms with E-state index in [9.17, 15) is 24.3 Å². The van der Waals surface area contributed by atoms with Gasteiger partial charge in [0.1, 0.15) is 6.04 Å². The minimum absolute atomic E-state index is 0.0225. The maximum Gasteiger partial charge on any atom is 0.326 e. The van der Waals surface area contributed by atoms with E-state index in [0.717, 1.165) is 18.4 Å². The fourth-order valence-corrected chi connectivity index (χ4v) is 5.22. The molecule has 0 spiro atoms. The third-order valence-electron chi connectivity index (χ3n) is 6.81. The standard InChI is InChI=1S/C27H29Cl2N3O5/c1-31(14-16-5-3-2-4-6-16)22(33)10-9-21(27(36)37)30-25(34)23-20(28)13-19-18(24(23)29)11-12-32(26(19)35)15-17-7-8-17/h2-6,13,17,21H,7-12,14-15H2,1H3,(H,30,34)(H,36,37)/t21-/m0/s1. The van der Waals surface area contributed by atoms with Gasteiger partial charge in [-0.15, -0.1) is 0 Å². The number of carbonyl (C=O) groups excluding carboxylic acids is 3. The first-order valence-electron chi connectivity index (χ1n) is 12.3. The summed E-state index contributed by atoms with van der Waals surface area (Å²) in [6, 6.07) is 9.55. The summed E-state index contributed by atoms with van der Waals surface area (Å²) < 4.78 is 0. The molecule has 1 saturated carbocycles. The van der Waals surface area contributed by atoms with Crippen molar-refractivity contribution in [3.8, 4) is 0 Å². The Morgan fingerprint density at radius 3 is 2.54 bits per heavy atom. The minimum atomic E-state index is -1.32. The van der Waals surface area contributed by atoms with E-state index in [2.05, 4.69) is 5.32 Å². The van der Waals surface area contributed by atoms with Crippen molar-refractivity contribution < 1.29 is 24.3 Å². The summed E-state index contributed by atoms with van der Waals surface area (Å²) in [5.74, 6) is -1.90. The molecule has 2 aromatic carbocycles. The topological polar surface area (TPSA) is 107 Å². The highest BCUT2D eigenvalue weighted by Crippen LogP contribution is 2.36. The van der Waals surface area contributed by atoms with Crippen molar-refractivity contribution in [3.63, 3.8) is 0 Å². The van der Waals surface area contributed by atoms with E-state index in [0.29, 0.717) is 43.1 Å². The summed E-state index contributed by atoms with van der Waals surface area (Å²) >= 11 is 12.9. The van der Waals surface area contributed by atoms with Gasteiger partial charge in [-0.2, -0.15) is 0 Å². The highest BCUT2D eigenvalue weighted by molar-refractivity contribution is 6.41. The number of carbonyl (C=O) groups is 4. The highest BCUT2D eigenvalue weighted by Gasteiger charge is 2.34. The number of carboxylic acids is 1. The van der Waals surface area contributed by atoms with Crippen LogP contribution in [-0.2, 0) is 22.6 Å². The first kappa shape index (κ1) is 26.9. The number of aliphatic carboxylic acids is 1. The Morgan fingerprint density at radius 2 is 1.89 bits per heavy atom. The molecule has 2 aromatic rings. The molecule has 2 aliphatic rings. The molecule has 3 amide bonds. The zero-order valence-electron chi connectivity index (χ0n) is 20.5. The maximum atomic E-state index is 13.1. The van der Waals surface area contributed by atoms with E-state index >= 15 is 0 Å². The molecule has 1 atom stereocenters. The monoisotopic (exact) mass is 545 g/mol. The van der Waals surface area contributed by atoms with Gasteiger partial charge in [0.25, 0.3) is 11.8 Å². The molecular formula is C27H29Cl2N3O5. The van der Waals surface area contributed by atoms with Crippen LogP contribution in [0.15, 0.2) is 36.4 Å². The number of carboxylic acid groups (broad SMARTS) is 1. The largest absolute Gasteiger partial charge is 0.480 e. The number of nitrogens with one attached hydrogen (secondary N) is 1. The second-order valence-electron chi connectivity index (χ2n) is 9.66. The predicted molar refractivity (Wildman–Crippen MR) is 140 cm³/mol. The lowest BCUT2D eigenvalue weighted by atomic mass is 9.95. The molecule has 10 heteroatoms. The quantitative estimate of drug-likeness (QED) is 0.468. The first-order valence-corrected chi connectivity index (χ1v) is 13.0. The van der Waals surface area contributed by atoms with Gasteiger partial charge in [-0.25, -0.2) is 4.79 Å². The lowest BCUT2D eigenvalue weighted by Crippen LogP contribution is -2.42. The number of benzene rings is 2. The van der Waals surface area contributed by atoms with Crippen LogP contribution in [0.5, 0.6) is 0 Å². The van der Waals surface area contributed by atoms with Gasteiger partial charge in [-0.3, -0.25) is 14.4 Å². The van der Waals surface area contributed by atoms with Crippen molar-refractivity contribution in [2.45, 2.75) is 44.7 Å². The van der Waals surface area contributed by atoms with Gasteiger partial charge < -0.3 is 20.2 Å². The number of hydrogen-bond acceptors (Lipinski definition) is 4. The fourth-order valence-electron chi connectivity index (χ4n) is 4.50. The number of fused-ring (bicyclic) bond motifs is 1. The molecule has 1 aliphatic heterocycles. The Bertz CT molecular complexity index is 1220. The molecule has 0 radical (unpaired) electrons.